The lowest BCUT2D eigenvalue weighted by molar-refractivity contribution is 0.398. The van der Waals surface area contributed by atoms with Crippen LogP contribution in [0.25, 0.3) is 0 Å². The molecule has 0 aromatic heterocycles. The van der Waals surface area contributed by atoms with Crippen LogP contribution in [-0.4, -0.2) is 15.5 Å². The summed E-state index contributed by atoms with van der Waals surface area (Å²) in [4.78, 5) is 0. The summed E-state index contributed by atoms with van der Waals surface area (Å²) in [5.74, 6) is -0.286. The van der Waals surface area contributed by atoms with E-state index in [2.05, 4.69) is 4.72 Å². The Balaban J connectivity index is 3.12. The van der Waals surface area contributed by atoms with Crippen LogP contribution in [0.5, 0.6) is 5.75 Å². The fourth-order valence-corrected chi connectivity index (χ4v) is 2.03. The maximum atomic E-state index is 13.5. The minimum absolute atomic E-state index is 0.124. The average molecular weight is 248 g/mol. The normalized spacial score (nSPS) is 13.5. The van der Waals surface area contributed by atoms with Crippen LogP contribution < -0.4 is 14.6 Å². The van der Waals surface area contributed by atoms with Crippen LogP contribution in [0.4, 0.5) is 4.39 Å². The van der Waals surface area contributed by atoms with Gasteiger partial charge in [0.1, 0.15) is 11.6 Å². The first-order chi connectivity index (χ1) is 7.35. The predicted molar refractivity (Wildman–Crippen MR) is 57.6 cm³/mol. The molecule has 1 rings (SSSR count). The lowest BCUT2D eigenvalue weighted by Crippen LogP contribution is -2.33. The van der Waals surface area contributed by atoms with E-state index in [-0.39, 0.29) is 11.3 Å². The third-order valence-corrected chi connectivity index (χ3v) is 2.69. The maximum absolute atomic E-state index is 13.5. The Bertz CT molecular complexity index is 476. The molecule has 1 atom stereocenters. The summed E-state index contributed by atoms with van der Waals surface area (Å²) in [6.45, 7) is 1.48. The Morgan fingerprint density at radius 1 is 1.50 bits per heavy atom. The van der Waals surface area contributed by atoms with E-state index >= 15 is 0 Å². The van der Waals surface area contributed by atoms with E-state index in [1.54, 1.807) is 6.07 Å². The number of hydrogen-bond acceptors (Lipinski definition) is 3. The SMILES string of the molecule is COc1cccc(F)c1[C@@H](C)NS(N)(=O)=O. The molecule has 0 aliphatic rings. The molecule has 5 nitrogen and oxygen atoms in total. The van der Waals surface area contributed by atoms with Gasteiger partial charge in [-0.25, -0.2) is 9.53 Å². The number of nitrogens with one attached hydrogen (secondary N) is 1. The summed E-state index contributed by atoms with van der Waals surface area (Å²) >= 11 is 0. The molecule has 0 heterocycles. The summed E-state index contributed by atoms with van der Waals surface area (Å²) < 4.78 is 42.2. The molecule has 1 aromatic rings. The lowest BCUT2D eigenvalue weighted by Gasteiger charge is -2.16. The highest BCUT2D eigenvalue weighted by atomic mass is 32.2. The van der Waals surface area contributed by atoms with Crippen molar-refractivity contribution in [2.75, 3.05) is 7.11 Å². The number of methoxy groups -OCH3 is 1. The Morgan fingerprint density at radius 2 is 2.12 bits per heavy atom. The number of nitrogens with two attached hydrogens (primary N) is 1. The molecule has 3 N–H and O–H groups in total. The summed E-state index contributed by atoms with van der Waals surface area (Å²) in [6.07, 6.45) is 0. The summed E-state index contributed by atoms with van der Waals surface area (Å²) in [7, 11) is -2.51. The lowest BCUT2D eigenvalue weighted by atomic mass is 10.1. The predicted octanol–water partition coefficient (Wildman–Crippen LogP) is 0.688. The standard InChI is InChI=1S/C9H13FN2O3S/c1-6(12-16(11,13)14)9-7(10)4-3-5-8(9)15-2/h3-6,12H,1-2H3,(H2,11,13,14)/t6-/m1/s1. The van der Waals surface area contributed by atoms with E-state index in [9.17, 15) is 12.8 Å². The summed E-state index contributed by atoms with van der Waals surface area (Å²) in [5, 5.41) is 4.81. The molecule has 0 aliphatic carbocycles. The highest BCUT2D eigenvalue weighted by Crippen LogP contribution is 2.27. The average Bonchev–Trinajstić information content (AvgIpc) is 2.14. The van der Waals surface area contributed by atoms with Crippen molar-refractivity contribution in [2.24, 2.45) is 5.14 Å². The van der Waals surface area contributed by atoms with Gasteiger partial charge in [-0.05, 0) is 19.1 Å². The van der Waals surface area contributed by atoms with E-state index in [1.165, 1.54) is 26.2 Å². The Morgan fingerprint density at radius 3 is 2.62 bits per heavy atom. The number of benzene rings is 1. The molecule has 0 radical (unpaired) electrons. The van der Waals surface area contributed by atoms with Crippen molar-refractivity contribution >= 4 is 10.2 Å². The second-order valence-electron chi connectivity index (χ2n) is 3.24. The zero-order valence-corrected chi connectivity index (χ0v) is 9.71. The van der Waals surface area contributed by atoms with E-state index < -0.39 is 22.1 Å². The molecule has 0 saturated carbocycles. The van der Waals surface area contributed by atoms with Crippen LogP contribution in [0.1, 0.15) is 18.5 Å². The number of hydrogen-bond donors (Lipinski definition) is 2. The number of ether oxygens (including phenoxy) is 1. The molecule has 1 aromatic carbocycles. The molecule has 90 valence electrons. The second kappa shape index (κ2) is 4.77. The zero-order chi connectivity index (χ0) is 12.3. The van der Waals surface area contributed by atoms with Crippen molar-refractivity contribution in [3.05, 3.63) is 29.6 Å². The topological polar surface area (TPSA) is 81.4 Å². The van der Waals surface area contributed by atoms with Gasteiger partial charge in [-0.1, -0.05) is 6.07 Å². The van der Waals surface area contributed by atoms with Crippen LogP contribution in [0.15, 0.2) is 18.2 Å². The highest BCUT2D eigenvalue weighted by molar-refractivity contribution is 7.87. The maximum Gasteiger partial charge on any atom is 0.274 e. The van der Waals surface area contributed by atoms with E-state index in [4.69, 9.17) is 9.88 Å². The second-order valence-corrected chi connectivity index (χ2v) is 4.57. The molecule has 0 fully saturated rings. The quantitative estimate of drug-likeness (QED) is 0.822. The number of halogens is 1. The van der Waals surface area contributed by atoms with Crippen LogP contribution >= 0.6 is 0 Å². The number of rotatable bonds is 4. The molecule has 0 spiro atoms. The monoisotopic (exact) mass is 248 g/mol. The van der Waals surface area contributed by atoms with Gasteiger partial charge in [0.15, 0.2) is 0 Å². The first-order valence-electron chi connectivity index (χ1n) is 4.47. The minimum Gasteiger partial charge on any atom is -0.496 e. The Labute approximate surface area is 93.6 Å². The van der Waals surface area contributed by atoms with Gasteiger partial charge in [-0.2, -0.15) is 13.1 Å². The van der Waals surface area contributed by atoms with Crippen molar-refractivity contribution in [3.8, 4) is 5.75 Å². The molecule has 0 aliphatic heterocycles. The third-order valence-electron chi connectivity index (χ3n) is 2.01. The molecule has 0 saturated heterocycles. The van der Waals surface area contributed by atoms with Gasteiger partial charge in [0.05, 0.1) is 13.2 Å². The molecular formula is C9H13FN2O3S. The van der Waals surface area contributed by atoms with E-state index in [0.717, 1.165) is 0 Å². The van der Waals surface area contributed by atoms with Crippen molar-refractivity contribution in [1.29, 1.82) is 0 Å². The van der Waals surface area contributed by atoms with Gasteiger partial charge in [-0.15, -0.1) is 0 Å². The Hall–Kier alpha value is -1.18. The smallest absolute Gasteiger partial charge is 0.274 e. The molecule has 7 heteroatoms. The van der Waals surface area contributed by atoms with Gasteiger partial charge in [-0.3, -0.25) is 0 Å². The van der Waals surface area contributed by atoms with E-state index in [0.29, 0.717) is 0 Å². The van der Waals surface area contributed by atoms with Gasteiger partial charge in [0.25, 0.3) is 10.2 Å². The first kappa shape index (κ1) is 12.9. The van der Waals surface area contributed by atoms with Crippen LogP contribution in [0, 0.1) is 5.82 Å². The van der Waals surface area contributed by atoms with Gasteiger partial charge < -0.3 is 4.74 Å². The fourth-order valence-electron chi connectivity index (χ4n) is 1.42. The molecule has 0 bridgehead atoms. The first-order valence-corrected chi connectivity index (χ1v) is 6.02. The fraction of sp³-hybridized carbons (Fsp3) is 0.333. The van der Waals surface area contributed by atoms with Gasteiger partial charge in [0, 0.05) is 5.56 Å². The molecule has 16 heavy (non-hydrogen) atoms. The van der Waals surface area contributed by atoms with Crippen LogP contribution in [0.2, 0.25) is 0 Å². The summed E-state index contributed by atoms with van der Waals surface area (Å²) in [5.41, 5.74) is 0.124. The van der Waals surface area contributed by atoms with Crippen molar-refractivity contribution in [3.63, 3.8) is 0 Å². The summed E-state index contributed by atoms with van der Waals surface area (Å²) in [6, 6.07) is 3.44. The zero-order valence-electron chi connectivity index (χ0n) is 8.90. The van der Waals surface area contributed by atoms with Crippen molar-refractivity contribution < 1.29 is 17.5 Å². The third kappa shape index (κ3) is 3.16. The minimum atomic E-state index is -3.89. The Kier molecular flexibility index (Phi) is 3.84. The molecule has 0 amide bonds. The highest BCUT2D eigenvalue weighted by Gasteiger charge is 2.19. The van der Waals surface area contributed by atoms with E-state index in [1.807, 2.05) is 0 Å². The molecular weight excluding hydrogens is 235 g/mol. The van der Waals surface area contributed by atoms with Crippen LogP contribution in [0.3, 0.4) is 0 Å². The van der Waals surface area contributed by atoms with Crippen molar-refractivity contribution in [2.45, 2.75) is 13.0 Å². The van der Waals surface area contributed by atoms with Gasteiger partial charge in [0.2, 0.25) is 0 Å². The van der Waals surface area contributed by atoms with Crippen LogP contribution in [-0.2, 0) is 10.2 Å². The van der Waals surface area contributed by atoms with Gasteiger partial charge >= 0.3 is 0 Å². The largest absolute Gasteiger partial charge is 0.496 e. The van der Waals surface area contributed by atoms with Crippen molar-refractivity contribution in [1.82, 2.24) is 4.72 Å². The molecule has 0 unspecified atom stereocenters.